The summed E-state index contributed by atoms with van der Waals surface area (Å²) in [5.41, 5.74) is 0.325. The van der Waals surface area contributed by atoms with Crippen molar-refractivity contribution in [3.05, 3.63) is 45.5 Å². The van der Waals surface area contributed by atoms with Gasteiger partial charge in [-0.25, -0.2) is 10.1 Å². The summed E-state index contributed by atoms with van der Waals surface area (Å²) in [5, 5.41) is 12.1. The molecular weight excluding hydrogens is 242 g/mol. The van der Waals surface area contributed by atoms with Crippen LogP contribution in [0.15, 0.2) is 29.4 Å². The van der Waals surface area contributed by atoms with E-state index in [4.69, 9.17) is 0 Å². The zero-order valence-electron chi connectivity index (χ0n) is 9.19. The first-order chi connectivity index (χ1) is 8.56. The highest BCUT2D eigenvalue weighted by molar-refractivity contribution is 6.28. The van der Waals surface area contributed by atoms with Crippen LogP contribution in [0.25, 0.3) is 0 Å². The zero-order valence-corrected chi connectivity index (χ0v) is 9.19. The Kier molecular flexibility index (Phi) is 2.76. The molecule has 0 spiro atoms. The van der Waals surface area contributed by atoms with Crippen molar-refractivity contribution < 1.29 is 19.4 Å². The molecule has 0 fully saturated rings. The molecule has 92 valence electrons. The Labute approximate surface area is 101 Å². The summed E-state index contributed by atoms with van der Waals surface area (Å²) in [6.07, 6.45) is 0. The number of nitro groups is 1. The van der Waals surface area contributed by atoms with Crippen molar-refractivity contribution in [2.75, 3.05) is 7.11 Å². The molecule has 0 saturated carbocycles. The molecule has 2 rings (SSSR count). The minimum absolute atomic E-state index is 0.163. The first-order valence-electron chi connectivity index (χ1n) is 4.81. The van der Waals surface area contributed by atoms with Crippen molar-refractivity contribution in [1.82, 2.24) is 4.90 Å². The number of carbonyl (C=O) groups is 2. The quantitative estimate of drug-likeness (QED) is 0.237. The number of ether oxygens (including phenoxy) is 1. The molecule has 8 heteroatoms. The molecule has 0 aromatic heterocycles. The number of amides is 2. The van der Waals surface area contributed by atoms with Crippen LogP contribution in [0.1, 0.15) is 20.7 Å². The van der Waals surface area contributed by atoms with E-state index >= 15 is 0 Å². The molecule has 18 heavy (non-hydrogen) atoms. The van der Waals surface area contributed by atoms with Gasteiger partial charge in [0.25, 0.3) is 11.8 Å². The fourth-order valence-electron chi connectivity index (χ4n) is 1.61. The first kappa shape index (κ1) is 11.7. The van der Waals surface area contributed by atoms with Crippen LogP contribution < -0.4 is 0 Å². The molecule has 1 aromatic rings. The van der Waals surface area contributed by atoms with Crippen LogP contribution in [0, 0.1) is 10.1 Å². The maximum absolute atomic E-state index is 11.9. The van der Waals surface area contributed by atoms with Gasteiger partial charge in [-0.3, -0.25) is 9.59 Å². The Balaban J connectivity index is 2.48. The number of amidine groups is 1. The van der Waals surface area contributed by atoms with E-state index < -0.39 is 22.9 Å². The van der Waals surface area contributed by atoms with Gasteiger partial charge in [0.1, 0.15) is 5.10 Å². The second-order valence-electron chi connectivity index (χ2n) is 3.32. The standard InChI is InChI=1S/C10H7N3O5/c1-18-10(11-13(16)17)12-8(14)6-4-2-3-5-7(6)9(12)15/h2-5H,1H3/b11-10-. The highest BCUT2D eigenvalue weighted by Gasteiger charge is 2.40. The third kappa shape index (κ3) is 1.69. The molecule has 1 heterocycles. The normalized spacial score (nSPS) is 14.7. The molecule has 0 N–H and O–H groups in total. The van der Waals surface area contributed by atoms with Gasteiger partial charge < -0.3 is 4.74 Å². The van der Waals surface area contributed by atoms with Gasteiger partial charge in [-0.05, 0) is 12.1 Å². The van der Waals surface area contributed by atoms with Crippen LogP contribution in [0.5, 0.6) is 0 Å². The largest absolute Gasteiger partial charge is 0.464 e. The third-order valence-corrected chi connectivity index (χ3v) is 2.34. The Hall–Kier alpha value is -2.77. The fourth-order valence-corrected chi connectivity index (χ4v) is 1.61. The first-order valence-corrected chi connectivity index (χ1v) is 4.81. The van der Waals surface area contributed by atoms with E-state index in [9.17, 15) is 19.7 Å². The number of hydrogen-bond acceptors (Lipinski definition) is 5. The van der Waals surface area contributed by atoms with Crippen molar-refractivity contribution in [1.29, 1.82) is 0 Å². The van der Waals surface area contributed by atoms with Crippen LogP contribution in [0.2, 0.25) is 0 Å². The van der Waals surface area contributed by atoms with Gasteiger partial charge in [-0.2, -0.15) is 4.90 Å². The third-order valence-electron chi connectivity index (χ3n) is 2.34. The van der Waals surface area contributed by atoms with E-state index in [-0.39, 0.29) is 11.1 Å². The monoisotopic (exact) mass is 249 g/mol. The summed E-state index contributed by atoms with van der Waals surface area (Å²) in [4.78, 5) is 34.7. The second kappa shape index (κ2) is 4.24. The number of carbonyl (C=O) groups excluding carboxylic acids is 2. The second-order valence-corrected chi connectivity index (χ2v) is 3.32. The Morgan fingerprint density at radius 3 is 2.17 bits per heavy atom. The number of hydrazone groups is 1. The summed E-state index contributed by atoms with van der Waals surface area (Å²) < 4.78 is 4.61. The topological polar surface area (TPSA) is 102 Å². The zero-order chi connectivity index (χ0) is 13.3. The number of methoxy groups -OCH3 is 1. The van der Waals surface area contributed by atoms with Crippen LogP contribution in [-0.4, -0.2) is 34.9 Å². The van der Waals surface area contributed by atoms with E-state index in [0.29, 0.717) is 4.90 Å². The van der Waals surface area contributed by atoms with Crippen LogP contribution in [-0.2, 0) is 4.74 Å². The average Bonchev–Trinajstić information content (AvgIpc) is 2.60. The van der Waals surface area contributed by atoms with Crippen molar-refractivity contribution in [2.45, 2.75) is 0 Å². The molecule has 0 radical (unpaired) electrons. The number of hydrogen-bond donors (Lipinski definition) is 0. The fraction of sp³-hybridized carbons (Fsp3) is 0.100. The van der Waals surface area contributed by atoms with Crippen molar-refractivity contribution >= 4 is 17.8 Å². The van der Waals surface area contributed by atoms with Gasteiger partial charge in [-0.1, -0.05) is 12.1 Å². The van der Waals surface area contributed by atoms with Gasteiger partial charge in [0.2, 0.25) is 0 Å². The van der Waals surface area contributed by atoms with Crippen molar-refractivity contribution in [3.63, 3.8) is 0 Å². The predicted molar refractivity (Wildman–Crippen MR) is 58.4 cm³/mol. The molecule has 0 aliphatic carbocycles. The minimum Gasteiger partial charge on any atom is -0.464 e. The molecular formula is C10H7N3O5. The molecule has 2 amide bonds. The summed E-state index contributed by atoms with van der Waals surface area (Å²) in [6, 6.07) is 5.42. The van der Waals surface area contributed by atoms with Crippen molar-refractivity contribution in [2.24, 2.45) is 5.10 Å². The van der Waals surface area contributed by atoms with Crippen molar-refractivity contribution in [3.8, 4) is 0 Å². The molecule has 8 nitrogen and oxygen atoms in total. The lowest BCUT2D eigenvalue weighted by atomic mass is 10.1. The lowest BCUT2D eigenvalue weighted by Crippen LogP contribution is -2.37. The Morgan fingerprint density at radius 2 is 1.78 bits per heavy atom. The van der Waals surface area contributed by atoms with Crippen LogP contribution >= 0.6 is 0 Å². The van der Waals surface area contributed by atoms with E-state index in [2.05, 4.69) is 9.84 Å². The molecule has 0 unspecified atom stereocenters. The van der Waals surface area contributed by atoms with Gasteiger partial charge in [0.15, 0.2) is 5.03 Å². The summed E-state index contributed by atoms with van der Waals surface area (Å²) >= 11 is 0. The Bertz CT molecular complexity index is 546. The van der Waals surface area contributed by atoms with Gasteiger partial charge >= 0.3 is 6.02 Å². The van der Waals surface area contributed by atoms with E-state index in [1.807, 2.05) is 0 Å². The number of fused-ring (bicyclic) bond motifs is 1. The summed E-state index contributed by atoms with van der Waals surface area (Å²) in [5.74, 6) is -1.39. The molecule has 1 aromatic carbocycles. The molecule has 0 saturated heterocycles. The maximum atomic E-state index is 11.9. The molecule has 0 bridgehead atoms. The minimum atomic E-state index is -1.04. The van der Waals surface area contributed by atoms with Gasteiger partial charge in [0.05, 0.1) is 18.2 Å². The van der Waals surface area contributed by atoms with E-state index in [1.165, 1.54) is 12.1 Å². The van der Waals surface area contributed by atoms with E-state index in [1.54, 1.807) is 12.1 Å². The molecule has 0 atom stereocenters. The number of benzene rings is 1. The Morgan fingerprint density at radius 1 is 1.28 bits per heavy atom. The van der Waals surface area contributed by atoms with E-state index in [0.717, 1.165) is 7.11 Å². The number of nitrogens with zero attached hydrogens (tertiary/aromatic N) is 3. The number of rotatable bonds is 1. The van der Waals surface area contributed by atoms with Gasteiger partial charge in [-0.15, -0.1) is 0 Å². The lowest BCUT2D eigenvalue weighted by Gasteiger charge is -2.11. The van der Waals surface area contributed by atoms with Crippen LogP contribution in [0.4, 0.5) is 0 Å². The summed E-state index contributed by atoms with van der Waals surface area (Å²) in [7, 11) is 1.09. The highest BCUT2D eigenvalue weighted by Crippen LogP contribution is 2.22. The van der Waals surface area contributed by atoms with Crippen LogP contribution in [0.3, 0.4) is 0 Å². The smallest absolute Gasteiger partial charge is 0.375 e. The lowest BCUT2D eigenvalue weighted by molar-refractivity contribution is -0.486. The van der Waals surface area contributed by atoms with Gasteiger partial charge in [0, 0.05) is 0 Å². The predicted octanol–water partition coefficient (Wildman–Crippen LogP) is 0.477. The summed E-state index contributed by atoms with van der Waals surface area (Å²) in [6.45, 7) is 0. The maximum Gasteiger partial charge on any atom is 0.375 e. The molecule has 1 aliphatic rings. The molecule has 1 aliphatic heterocycles. The SMILES string of the molecule is CO/C(=N\[N+](=O)[O-])N1C(=O)c2ccccc2C1=O. The highest BCUT2D eigenvalue weighted by atomic mass is 16.7. The average molecular weight is 249 g/mol. The number of imide groups is 1.